The molecule has 3 nitrogen and oxygen atoms in total. The van der Waals surface area contributed by atoms with Crippen LogP contribution in [0.1, 0.15) is 0 Å². The molecule has 0 aliphatic rings. The van der Waals surface area contributed by atoms with Crippen molar-refractivity contribution in [2.45, 2.75) is 14.8 Å². The number of methoxy groups -OCH3 is 2. The fourth-order valence-corrected chi connectivity index (χ4v) is 5.16. The molecular formula is C10H17NO2Sn. The van der Waals surface area contributed by atoms with Crippen LogP contribution in [0.3, 0.4) is 0 Å². The maximum absolute atomic E-state index is 5.35. The monoisotopic (exact) mass is 303 g/mol. The van der Waals surface area contributed by atoms with Crippen LogP contribution in [-0.4, -0.2) is 37.6 Å². The third kappa shape index (κ3) is 2.53. The van der Waals surface area contributed by atoms with Gasteiger partial charge in [0.2, 0.25) is 0 Å². The van der Waals surface area contributed by atoms with Gasteiger partial charge in [-0.2, -0.15) is 0 Å². The Morgan fingerprint density at radius 1 is 1.14 bits per heavy atom. The standard InChI is InChI=1S/C7H8NO2.3CH3.Sn/c1-9-6-3-4-8-7(5-6)10-2;;;;/h4-5H,1-2H3;3*1H3;. The summed E-state index contributed by atoms with van der Waals surface area (Å²) in [5.41, 5.74) is 0. The Labute approximate surface area is 89.3 Å². The number of hydrogen-bond acceptors (Lipinski definition) is 3. The van der Waals surface area contributed by atoms with Crippen molar-refractivity contribution in [3.63, 3.8) is 0 Å². The second-order valence-corrected chi connectivity index (χ2v) is 18.6. The normalized spacial score (nSPS) is 11.2. The van der Waals surface area contributed by atoms with Crippen molar-refractivity contribution in [3.05, 3.63) is 12.3 Å². The van der Waals surface area contributed by atoms with Gasteiger partial charge in [-0.25, -0.2) is 0 Å². The van der Waals surface area contributed by atoms with Crippen LogP contribution in [0.4, 0.5) is 0 Å². The topological polar surface area (TPSA) is 31.4 Å². The second kappa shape index (κ2) is 4.38. The van der Waals surface area contributed by atoms with Gasteiger partial charge in [0, 0.05) is 0 Å². The molecule has 1 heterocycles. The van der Waals surface area contributed by atoms with Gasteiger partial charge >= 0.3 is 89.3 Å². The molecule has 78 valence electrons. The first-order valence-corrected chi connectivity index (χ1v) is 14.6. The van der Waals surface area contributed by atoms with E-state index in [4.69, 9.17) is 9.47 Å². The molecule has 1 aromatic heterocycles. The number of rotatable bonds is 3. The molecule has 0 saturated heterocycles. The van der Waals surface area contributed by atoms with E-state index in [0.717, 1.165) is 5.75 Å². The van der Waals surface area contributed by atoms with Gasteiger partial charge in [-0.1, -0.05) is 0 Å². The van der Waals surface area contributed by atoms with Crippen LogP contribution in [0.25, 0.3) is 0 Å². The number of hydrogen-bond donors (Lipinski definition) is 0. The minimum atomic E-state index is -2.10. The van der Waals surface area contributed by atoms with Gasteiger partial charge in [0.25, 0.3) is 0 Å². The number of pyridine rings is 1. The summed E-state index contributed by atoms with van der Waals surface area (Å²) in [6, 6.07) is 1.86. The molecule has 0 spiro atoms. The fourth-order valence-electron chi connectivity index (χ4n) is 1.26. The molecule has 14 heavy (non-hydrogen) atoms. The zero-order valence-electron chi connectivity index (χ0n) is 9.42. The van der Waals surface area contributed by atoms with E-state index in [1.165, 1.54) is 3.58 Å². The van der Waals surface area contributed by atoms with E-state index in [1.807, 2.05) is 12.3 Å². The summed E-state index contributed by atoms with van der Waals surface area (Å²) in [7, 11) is 3.30. The molecule has 0 aliphatic carbocycles. The Morgan fingerprint density at radius 2 is 1.79 bits per heavy atom. The Kier molecular flexibility index (Phi) is 3.64. The van der Waals surface area contributed by atoms with Crippen LogP contribution >= 0.6 is 0 Å². The second-order valence-electron chi connectivity index (χ2n) is 4.18. The summed E-state index contributed by atoms with van der Waals surface area (Å²) in [5, 5.41) is 0. The van der Waals surface area contributed by atoms with E-state index in [0.29, 0.717) is 5.88 Å². The van der Waals surface area contributed by atoms with Crippen molar-refractivity contribution in [1.82, 2.24) is 4.98 Å². The van der Waals surface area contributed by atoms with E-state index < -0.39 is 18.4 Å². The van der Waals surface area contributed by atoms with Gasteiger partial charge in [-0.3, -0.25) is 0 Å². The predicted octanol–water partition coefficient (Wildman–Crippen LogP) is 1.64. The Bertz CT molecular complexity index is 320. The van der Waals surface area contributed by atoms with Crippen LogP contribution in [0, 0.1) is 0 Å². The molecule has 1 rings (SSSR count). The average molecular weight is 302 g/mol. The summed E-state index contributed by atoms with van der Waals surface area (Å²) in [6.07, 6.45) is 1.90. The van der Waals surface area contributed by atoms with Crippen molar-refractivity contribution in [1.29, 1.82) is 0 Å². The van der Waals surface area contributed by atoms with Gasteiger partial charge in [-0.05, 0) is 0 Å². The van der Waals surface area contributed by atoms with Crippen molar-refractivity contribution in [2.24, 2.45) is 0 Å². The van der Waals surface area contributed by atoms with E-state index in [2.05, 4.69) is 19.8 Å². The quantitative estimate of drug-likeness (QED) is 0.796. The number of aromatic nitrogens is 1. The SMILES string of the molecule is COc1cc(OC)[c]([Sn]([CH3])([CH3])[CH3])cn1. The first-order chi connectivity index (χ1) is 6.49. The first kappa shape index (κ1) is 11.6. The van der Waals surface area contributed by atoms with Gasteiger partial charge < -0.3 is 0 Å². The van der Waals surface area contributed by atoms with Gasteiger partial charge in [-0.15, -0.1) is 0 Å². The number of nitrogens with zero attached hydrogens (tertiary/aromatic N) is 1. The van der Waals surface area contributed by atoms with Crippen LogP contribution in [0.15, 0.2) is 12.3 Å². The molecule has 0 radical (unpaired) electrons. The van der Waals surface area contributed by atoms with E-state index in [9.17, 15) is 0 Å². The van der Waals surface area contributed by atoms with Gasteiger partial charge in [0.1, 0.15) is 0 Å². The summed E-state index contributed by atoms with van der Waals surface area (Å²) < 4.78 is 11.7. The summed E-state index contributed by atoms with van der Waals surface area (Å²) in [6.45, 7) is 0. The Morgan fingerprint density at radius 3 is 2.21 bits per heavy atom. The molecule has 0 unspecified atom stereocenters. The summed E-state index contributed by atoms with van der Waals surface area (Å²) in [4.78, 5) is 11.2. The molecule has 0 bridgehead atoms. The van der Waals surface area contributed by atoms with E-state index in [-0.39, 0.29) is 0 Å². The molecule has 0 atom stereocenters. The van der Waals surface area contributed by atoms with Crippen LogP contribution in [-0.2, 0) is 0 Å². The first-order valence-electron chi connectivity index (χ1n) is 4.57. The Hall–Kier alpha value is -0.451. The molecule has 0 aliphatic heterocycles. The molecule has 0 amide bonds. The molecule has 1 aromatic rings. The van der Waals surface area contributed by atoms with Crippen LogP contribution in [0.5, 0.6) is 11.6 Å². The van der Waals surface area contributed by atoms with Gasteiger partial charge in [0.15, 0.2) is 0 Å². The minimum absolute atomic E-state index is 0.612. The van der Waals surface area contributed by atoms with E-state index in [1.54, 1.807) is 14.2 Å². The van der Waals surface area contributed by atoms with Crippen molar-refractivity contribution >= 4 is 22.0 Å². The van der Waals surface area contributed by atoms with Crippen molar-refractivity contribution in [2.75, 3.05) is 14.2 Å². The zero-order chi connectivity index (χ0) is 10.8. The molecule has 0 fully saturated rings. The third-order valence-electron chi connectivity index (χ3n) is 2.08. The summed E-state index contributed by atoms with van der Waals surface area (Å²) >= 11 is -2.10. The molecule has 0 aromatic carbocycles. The summed E-state index contributed by atoms with van der Waals surface area (Å²) in [5.74, 6) is 1.53. The van der Waals surface area contributed by atoms with Crippen molar-refractivity contribution in [3.8, 4) is 11.6 Å². The van der Waals surface area contributed by atoms with E-state index >= 15 is 0 Å². The fraction of sp³-hybridized carbons (Fsp3) is 0.500. The number of ether oxygens (including phenoxy) is 2. The Balaban J connectivity index is 3.18. The maximum atomic E-state index is 5.35. The molecule has 0 saturated carbocycles. The average Bonchev–Trinajstić information content (AvgIpc) is 2.15. The molecule has 0 N–H and O–H groups in total. The predicted molar refractivity (Wildman–Crippen MR) is 60.3 cm³/mol. The van der Waals surface area contributed by atoms with Crippen LogP contribution in [0.2, 0.25) is 14.8 Å². The third-order valence-corrected chi connectivity index (χ3v) is 7.76. The molecular weight excluding hydrogens is 285 g/mol. The van der Waals surface area contributed by atoms with Gasteiger partial charge in [0.05, 0.1) is 0 Å². The zero-order valence-corrected chi connectivity index (χ0v) is 12.3. The van der Waals surface area contributed by atoms with Crippen LogP contribution < -0.4 is 13.1 Å². The molecule has 4 heteroatoms. The van der Waals surface area contributed by atoms with Crippen molar-refractivity contribution < 1.29 is 9.47 Å².